The molecule has 0 unspecified atom stereocenters. The second kappa shape index (κ2) is 8.06. The van der Waals surface area contributed by atoms with Crippen molar-refractivity contribution in [2.75, 3.05) is 13.2 Å². The van der Waals surface area contributed by atoms with E-state index >= 15 is 0 Å². The van der Waals surface area contributed by atoms with Crippen LogP contribution in [-0.2, 0) is 4.74 Å². The first-order valence-corrected chi connectivity index (χ1v) is 8.59. The largest absolute Gasteiger partial charge is 0.376 e. The molecule has 0 radical (unpaired) electrons. The molecule has 0 bridgehead atoms. The van der Waals surface area contributed by atoms with Gasteiger partial charge in [-0.05, 0) is 37.0 Å². The van der Waals surface area contributed by atoms with Crippen LogP contribution < -0.4 is 5.32 Å². The molecule has 1 saturated carbocycles. The van der Waals surface area contributed by atoms with Crippen molar-refractivity contribution in [3.8, 4) is 5.69 Å². The summed E-state index contributed by atoms with van der Waals surface area (Å²) >= 11 is 0. The van der Waals surface area contributed by atoms with Gasteiger partial charge in [0.25, 0.3) is 5.91 Å². The van der Waals surface area contributed by atoms with Gasteiger partial charge < -0.3 is 10.1 Å². The predicted molar refractivity (Wildman–Crippen MR) is 91.1 cm³/mol. The lowest BCUT2D eigenvalue weighted by Gasteiger charge is -2.28. The summed E-state index contributed by atoms with van der Waals surface area (Å²) in [5.74, 6) is 0.520. The molecule has 1 aromatic heterocycles. The molecule has 1 amide bonds. The molecule has 24 heavy (non-hydrogen) atoms. The maximum absolute atomic E-state index is 12.3. The van der Waals surface area contributed by atoms with E-state index in [0.29, 0.717) is 30.7 Å². The number of ether oxygens (including phenoxy) is 1. The lowest BCUT2D eigenvalue weighted by Crippen LogP contribution is -2.31. The first-order valence-electron chi connectivity index (χ1n) is 8.59. The van der Waals surface area contributed by atoms with E-state index in [1.165, 1.54) is 25.6 Å². The Morgan fingerprint density at radius 2 is 2.25 bits per heavy atom. The van der Waals surface area contributed by atoms with Crippen molar-refractivity contribution in [1.29, 1.82) is 0 Å². The number of amides is 1. The molecule has 6 nitrogen and oxygen atoms in total. The number of carbonyl (C=O) groups excluding carboxylic acids is 1. The minimum absolute atomic E-state index is 0.0998. The van der Waals surface area contributed by atoms with Gasteiger partial charge in [0.2, 0.25) is 0 Å². The fraction of sp³-hybridized carbons (Fsp3) is 0.500. The molecular formula is C18H24N4O2. The Hall–Kier alpha value is -2.21. The van der Waals surface area contributed by atoms with E-state index in [0.717, 1.165) is 12.1 Å². The molecular weight excluding hydrogens is 304 g/mol. The molecule has 0 saturated heterocycles. The molecule has 1 fully saturated rings. The number of hydrogen-bond acceptors (Lipinski definition) is 4. The van der Waals surface area contributed by atoms with Crippen molar-refractivity contribution >= 4 is 5.91 Å². The maximum Gasteiger partial charge on any atom is 0.251 e. The first-order chi connectivity index (χ1) is 11.7. The zero-order valence-electron chi connectivity index (χ0n) is 14.0. The van der Waals surface area contributed by atoms with E-state index in [-0.39, 0.29) is 5.91 Å². The molecule has 1 aliphatic carbocycles. The average molecular weight is 328 g/mol. The SMILES string of the molecule is C[C@H]1CCCC[C@H]1OCCNC(=O)c1cccc(-n2cncn2)c1. The summed E-state index contributed by atoms with van der Waals surface area (Å²) in [7, 11) is 0. The van der Waals surface area contributed by atoms with Crippen molar-refractivity contribution in [1.82, 2.24) is 20.1 Å². The number of hydrogen-bond donors (Lipinski definition) is 1. The molecule has 1 aromatic carbocycles. The lowest BCUT2D eigenvalue weighted by atomic mass is 9.88. The van der Waals surface area contributed by atoms with Gasteiger partial charge in [0, 0.05) is 12.1 Å². The molecule has 6 heteroatoms. The third kappa shape index (κ3) is 4.20. The van der Waals surface area contributed by atoms with Crippen LogP contribution in [0.15, 0.2) is 36.9 Å². The molecule has 2 aromatic rings. The summed E-state index contributed by atoms with van der Waals surface area (Å²) < 4.78 is 7.56. The van der Waals surface area contributed by atoms with Crippen LogP contribution in [0, 0.1) is 5.92 Å². The van der Waals surface area contributed by atoms with Crippen molar-refractivity contribution in [2.45, 2.75) is 38.7 Å². The third-order valence-corrected chi connectivity index (χ3v) is 4.54. The number of carbonyl (C=O) groups is 1. The average Bonchev–Trinajstić information content (AvgIpc) is 3.15. The number of nitrogens with zero attached hydrogens (tertiary/aromatic N) is 3. The van der Waals surface area contributed by atoms with E-state index in [1.54, 1.807) is 23.1 Å². The van der Waals surface area contributed by atoms with Crippen molar-refractivity contribution in [2.24, 2.45) is 5.92 Å². The van der Waals surface area contributed by atoms with Crippen molar-refractivity contribution < 1.29 is 9.53 Å². The van der Waals surface area contributed by atoms with Gasteiger partial charge in [0.1, 0.15) is 12.7 Å². The van der Waals surface area contributed by atoms with Gasteiger partial charge in [-0.25, -0.2) is 9.67 Å². The molecule has 0 spiro atoms. The Morgan fingerprint density at radius 1 is 1.38 bits per heavy atom. The Labute approximate surface area is 142 Å². The van der Waals surface area contributed by atoms with Crippen molar-refractivity contribution in [3.05, 3.63) is 42.5 Å². The van der Waals surface area contributed by atoms with E-state index in [1.807, 2.05) is 12.1 Å². The van der Waals surface area contributed by atoms with Crippen LogP contribution in [0.25, 0.3) is 5.69 Å². The molecule has 128 valence electrons. The molecule has 1 N–H and O–H groups in total. The van der Waals surface area contributed by atoms with Gasteiger partial charge in [-0.1, -0.05) is 25.8 Å². The first kappa shape index (κ1) is 16.6. The van der Waals surface area contributed by atoms with Crippen molar-refractivity contribution in [3.63, 3.8) is 0 Å². The van der Waals surface area contributed by atoms with Crippen LogP contribution in [0.4, 0.5) is 0 Å². The van der Waals surface area contributed by atoms with Gasteiger partial charge in [-0.2, -0.15) is 5.10 Å². The highest BCUT2D eigenvalue weighted by Gasteiger charge is 2.21. The van der Waals surface area contributed by atoms with Gasteiger partial charge in [-0.3, -0.25) is 4.79 Å². The summed E-state index contributed by atoms with van der Waals surface area (Å²) in [5.41, 5.74) is 1.42. The zero-order chi connectivity index (χ0) is 16.8. The number of nitrogens with one attached hydrogen (secondary N) is 1. The van der Waals surface area contributed by atoms with Crippen LogP contribution in [0.2, 0.25) is 0 Å². The topological polar surface area (TPSA) is 69.0 Å². The Kier molecular flexibility index (Phi) is 5.59. The van der Waals surface area contributed by atoms with Gasteiger partial charge in [0.15, 0.2) is 0 Å². The Bertz CT molecular complexity index is 657. The fourth-order valence-corrected chi connectivity index (χ4v) is 3.14. The minimum atomic E-state index is -0.0998. The van der Waals surface area contributed by atoms with E-state index in [2.05, 4.69) is 22.3 Å². The normalized spacial score (nSPS) is 20.7. The van der Waals surface area contributed by atoms with Gasteiger partial charge >= 0.3 is 0 Å². The van der Waals surface area contributed by atoms with E-state index < -0.39 is 0 Å². The highest BCUT2D eigenvalue weighted by molar-refractivity contribution is 5.94. The highest BCUT2D eigenvalue weighted by atomic mass is 16.5. The summed E-state index contributed by atoms with van der Waals surface area (Å²) in [4.78, 5) is 16.2. The van der Waals surface area contributed by atoms with Crippen LogP contribution in [0.3, 0.4) is 0 Å². The third-order valence-electron chi connectivity index (χ3n) is 4.54. The van der Waals surface area contributed by atoms with Crippen LogP contribution >= 0.6 is 0 Å². The second-order valence-electron chi connectivity index (χ2n) is 6.32. The molecule has 2 atom stereocenters. The zero-order valence-corrected chi connectivity index (χ0v) is 14.0. The number of aromatic nitrogens is 3. The molecule has 1 aliphatic rings. The van der Waals surface area contributed by atoms with Crippen LogP contribution in [0.5, 0.6) is 0 Å². The van der Waals surface area contributed by atoms with Crippen LogP contribution in [0.1, 0.15) is 43.0 Å². The molecule has 1 heterocycles. The standard InChI is InChI=1S/C18H24N4O2/c1-14-5-2-3-8-17(14)24-10-9-20-18(23)15-6-4-7-16(11-15)22-13-19-12-21-22/h4,6-7,11-14,17H,2-3,5,8-10H2,1H3,(H,20,23)/t14-,17+/m0/s1. The van der Waals surface area contributed by atoms with E-state index in [9.17, 15) is 4.79 Å². The second-order valence-corrected chi connectivity index (χ2v) is 6.32. The van der Waals surface area contributed by atoms with E-state index in [4.69, 9.17) is 4.74 Å². The summed E-state index contributed by atoms with van der Waals surface area (Å²) in [6.07, 6.45) is 8.34. The summed E-state index contributed by atoms with van der Waals surface area (Å²) in [6.45, 7) is 3.33. The highest BCUT2D eigenvalue weighted by Crippen LogP contribution is 2.25. The monoisotopic (exact) mass is 328 g/mol. The predicted octanol–water partition coefficient (Wildman–Crippen LogP) is 2.59. The number of rotatable bonds is 6. The summed E-state index contributed by atoms with van der Waals surface area (Å²) in [5, 5.41) is 6.99. The van der Waals surface area contributed by atoms with Gasteiger partial charge in [0.05, 0.1) is 18.4 Å². The van der Waals surface area contributed by atoms with Gasteiger partial charge in [-0.15, -0.1) is 0 Å². The minimum Gasteiger partial charge on any atom is -0.376 e. The Morgan fingerprint density at radius 3 is 3.04 bits per heavy atom. The lowest BCUT2D eigenvalue weighted by molar-refractivity contribution is -0.00293. The summed E-state index contributed by atoms with van der Waals surface area (Å²) in [6, 6.07) is 7.32. The molecule has 3 rings (SSSR count). The smallest absolute Gasteiger partial charge is 0.251 e. The van der Waals surface area contributed by atoms with Crippen LogP contribution in [-0.4, -0.2) is 39.9 Å². The Balaban J connectivity index is 1.48. The quantitative estimate of drug-likeness (QED) is 0.828. The molecule has 0 aliphatic heterocycles. The number of benzene rings is 1. The maximum atomic E-state index is 12.3. The fourth-order valence-electron chi connectivity index (χ4n) is 3.14.